The van der Waals surface area contributed by atoms with Gasteiger partial charge in [0.05, 0.1) is 0 Å². The van der Waals surface area contributed by atoms with Crippen LogP contribution in [0.2, 0.25) is 0 Å². The first-order valence-corrected chi connectivity index (χ1v) is 6.96. The lowest BCUT2D eigenvalue weighted by Crippen LogP contribution is -2.31. The minimum Gasteiger partial charge on any atom is -0.310 e. The van der Waals surface area contributed by atoms with E-state index in [9.17, 15) is 0 Å². The van der Waals surface area contributed by atoms with Gasteiger partial charge in [0.25, 0.3) is 0 Å². The predicted molar refractivity (Wildman–Crippen MR) is 74.2 cm³/mol. The van der Waals surface area contributed by atoms with E-state index in [-0.39, 0.29) is 0 Å². The van der Waals surface area contributed by atoms with Crippen molar-refractivity contribution >= 4 is 0 Å². The van der Waals surface area contributed by atoms with Crippen LogP contribution in [0.5, 0.6) is 0 Å². The van der Waals surface area contributed by atoms with Crippen molar-refractivity contribution in [2.75, 3.05) is 0 Å². The van der Waals surface area contributed by atoms with Crippen LogP contribution in [0.1, 0.15) is 49.3 Å². The van der Waals surface area contributed by atoms with Crippen molar-refractivity contribution in [2.45, 2.75) is 59.0 Å². The molecule has 1 aliphatic carbocycles. The van der Waals surface area contributed by atoms with Crippen LogP contribution in [0.15, 0.2) is 18.2 Å². The molecule has 1 N–H and O–H groups in total. The highest BCUT2D eigenvalue weighted by atomic mass is 14.9. The van der Waals surface area contributed by atoms with Crippen molar-refractivity contribution < 1.29 is 0 Å². The second-order valence-electron chi connectivity index (χ2n) is 5.71. The lowest BCUT2D eigenvalue weighted by Gasteiger charge is -2.20. The van der Waals surface area contributed by atoms with Gasteiger partial charge in [0.15, 0.2) is 0 Å². The van der Waals surface area contributed by atoms with Crippen LogP contribution < -0.4 is 5.32 Å². The molecule has 0 radical (unpaired) electrons. The Morgan fingerprint density at radius 3 is 2.29 bits per heavy atom. The molecule has 1 saturated carbocycles. The molecule has 0 aromatic heterocycles. The van der Waals surface area contributed by atoms with Crippen molar-refractivity contribution in [3.63, 3.8) is 0 Å². The number of aryl methyl sites for hydroxylation is 2. The fourth-order valence-corrected chi connectivity index (χ4v) is 3.07. The van der Waals surface area contributed by atoms with Crippen LogP contribution in [0.3, 0.4) is 0 Å². The molecule has 1 aromatic carbocycles. The van der Waals surface area contributed by atoms with Crippen molar-refractivity contribution in [3.8, 4) is 0 Å². The number of nitrogens with one attached hydrogen (secondary N) is 1. The number of hydrogen-bond donors (Lipinski definition) is 1. The largest absolute Gasteiger partial charge is 0.310 e. The molecule has 0 spiro atoms. The van der Waals surface area contributed by atoms with E-state index in [2.05, 4.69) is 44.3 Å². The van der Waals surface area contributed by atoms with Crippen LogP contribution in [-0.2, 0) is 6.54 Å². The van der Waals surface area contributed by atoms with Gasteiger partial charge in [-0.15, -0.1) is 0 Å². The Labute approximate surface area is 106 Å². The molecular weight excluding hydrogens is 206 g/mol. The molecular formula is C16H25N. The van der Waals surface area contributed by atoms with Gasteiger partial charge < -0.3 is 5.32 Å². The molecule has 1 nitrogen and oxygen atoms in total. The van der Waals surface area contributed by atoms with Crippen LogP contribution in [0.25, 0.3) is 0 Å². The first-order chi connectivity index (χ1) is 8.15. The maximum absolute atomic E-state index is 3.70. The Kier molecular flexibility index (Phi) is 4.22. The lowest BCUT2D eigenvalue weighted by atomic mass is 9.99. The van der Waals surface area contributed by atoms with Crippen molar-refractivity contribution in [1.82, 2.24) is 5.32 Å². The van der Waals surface area contributed by atoms with Crippen LogP contribution in [0, 0.1) is 19.8 Å². The summed E-state index contributed by atoms with van der Waals surface area (Å²) in [6.07, 6.45) is 5.70. The molecule has 0 heterocycles. The van der Waals surface area contributed by atoms with E-state index < -0.39 is 0 Å². The summed E-state index contributed by atoms with van der Waals surface area (Å²) in [5.41, 5.74) is 4.16. The monoisotopic (exact) mass is 231 g/mol. The first-order valence-electron chi connectivity index (χ1n) is 6.96. The highest BCUT2D eigenvalue weighted by molar-refractivity contribution is 5.28. The second kappa shape index (κ2) is 5.68. The smallest absolute Gasteiger partial charge is 0.0208 e. The van der Waals surface area contributed by atoms with Gasteiger partial charge in [-0.2, -0.15) is 0 Å². The second-order valence-corrected chi connectivity index (χ2v) is 5.71. The van der Waals surface area contributed by atoms with Gasteiger partial charge in [-0.1, -0.05) is 42.2 Å². The summed E-state index contributed by atoms with van der Waals surface area (Å²) >= 11 is 0. The Balaban J connectivity index is 1.88. The molecule has 1 heteroatoms. The van der Waals surface area contributed by atoms with Gasteiger partial charge in [0.1, 0.15) is 0 Å². The molecule has 1 atom stereocenters. The summed E-state index contributed by atoms with van der Waals surface area (Å²) in [6.45, 7) is 7.71. The highest BCUT2D eigenvalue weighted by Crippen LogP contribution is 2.27. The summed E-state index contributed by atoms with van der Waals surface area (Å²) in [7, 11) is 0. The number of hydrogen-bond acceptors (Lipinski definition) is 1. The minimum absolute atomic E-state index is 0.665. The molecule has 94 valence electrons. The van der Waals surface area contributed by atoms with Gasteiger partial charge in [-0.3, -0.25) is 0 Å². The van der Waals surface area contributed by atoms with E-state index in [1.54, 1.807) is 0 Å². The minimum atomic E-state index is 0.665. The molecule has 0 bridgehead atoms. The highest BCUT2D eigenvalue weighted by Gasteiger charge is 2.20. The number of rotatable bonds is 4. The van der Waals surface area contributed by atoms with Gasteiger partial charge in [-0.05, 0) is 45.1 Å². The zero-order valence-electron chi connectivity index (χ0n) is 11.4. The Morgan fingerprint density at radius 1 is 1.12 bits per heavy atom. The average molecular weight is 231 g/mol. The van der Waals surface area contributed by atoms with Gasteiger partial charge >= 0.3 is 0 Å². The SMILES string of the molecule is Cc1cc(C)cc(CNC(C)C2CCCC2)c1. The summed E-state index contributed by atoms with van der Waals surface area (Å²) in [5.74, 6) is 0.904. The van der Waals surface area contributed by atoms with Crippen LogP contribution in [-0.4, -0.2) is 6.04 Å². The van der Waals surface area contributed by atoms with Gasteiger partial charge in [-0.25, -0.2) is 0 Å². The van der Waals surface area contributed by atoms with Crippen molar-refractivity contribution in [3.05, 3.63) is 34.9 Å². The average Bonchev–Trinajstić information content (AvgIpc) is 2.78. The topological polar surface area (TPSA) is 12.0 Å². The van der Waals surface area contributed by atoms with Crippen molar-refractivity contribution in [2.24, 2.45) is 5.92 Å². The third-order valence-corrected chi connectivity index (χ3v) is 4.02. The van der Waals surface area contributed by atoms with E-state index in [4.69, 9.17) is 0 Å². The number of benzene rings is 1. The lowest BCUT2D eigenvalue weighted by molar-refractivity contribution is 0.380. The normalized spacial score (nSPS) is 18.5. The standard InChI is InChI=1S/C16H25N/c1-12-8-13(2)10-15(9-12)11-17-14(3)16-6-4-5-7-16/h8-10,14,16-17H,4-7,11H2,1-3H3. The molecule has 1 fully saturated rings. The van der Waals surface area contributed by atoms with E-state index in [1.165, 1.54) is 42.4 Å². The molecule has 17 heavy (non-hydrogen) atoms. The Bertz CT molecular complexity index is 344. The molecule has 0 amide bonds. The fraction of sp³-hybridized carbons (Fsp3) is 0.625. The molecule has 0 aliphatic heterocycles. The maximum atomic E-state index is 3.70. The fourth-order valence-electron chi connectivity index (χ4n) is 3.07. The maximum Gasteiger partial charge on any atom is 0.0208 e. The Hall–Kier alpha value is -0.820. The summed E-state index contributed by atoms with van der Waals surface area (Å²) in [4.78, 5) is 0. The predicted octanol–water partition coefficient (Wildman–Crippen LogP) is 3.97. The molecule has 1 aliphatic rings. The van der Waals surface area contributed by atoms with E-state index in [0.717, 1.165) is 12.5 Å². The zero-order valence-corrected chi connectivity index (χ0v) is 11.4. The quantitative estimate of drug-likeness (QED) is 0.826. The molecule has 1 unspecified atom stereocenters. The summed E-state index contributed by atoms with van der Waals surface area (Å²) < 4.78 is 0. The summed E-state index contributed by atoms with van der Waals surface area (Å²) in [6, 6.07) is 7.49. The van der Waals surface area contributed by atoms with Crippen LogP contribution in [0.4, 0.5) is 0 Å². The molecule has 1 aromatic rings. The summed E-state index contributed by atoms with van der Waals surface area (Å²) in [5, 5.41) is 3.70. The van der Waals surface area contributed by atoms with E-state index in [0.29, 0.717) is 6.04 Å². The third kappa shape index (κ3) is 3.57. The van der Waals surface area contributed by atoms with Gasteiger partial charge in [0.2, 0.25) is 0 Å². The third-order valence-electron chi connectivity index (χ3n) is 4.02. The van der Waals surface area contributed by atoms with E-state index >= 15 is 0 Å². The molecule has 2 rings (SSSR count). The van der Waals surface area contributed by atoms with Crippen molar-refractivity contribution in [1.29, 1.82) is 0 Å². The zero-order chi connectivity index (χ0) is 12.3. The Morgan fingerprint density at radius 2 is 1.71 bits per heavy atom. The van der Waals surface area contributed by atoms with Crippen LogP contribution >= 0.6 is 0 Å². The first kappa shape index (κ1) is 12.6. The van der Waals surface area contributed by atoms with E-state index in [1.807, 2.05) is 0 Å². The van der Waals surface area contributed by atoms with Gasteiger partial charge in [0, 0.05) is 12.6 Å². The molecule has 0 saturated heterocycles.